The highest BCUT2D eigenvalue weighted by Gasteiger charge is 2.15. The molecule has 1 heterocycles. The Morgan fingerprint density at radius 3 is 2.50 bits per heavy atom. The van der Waals surface area contributed by atoms with E-state index in [-0.39, 0.29) is 5.41 Å². The Hall–Kier alpha value is -1.71. The lowest BCUT2D eigenvalue weighted by Crippen LogP contribution is -2.11. The molecule has 0 radical (unpaired) electrons. The van der Waals surface area contributed by atoms with Gasteiger partial charge in [-0.15, -0.1) is 5.10 Å². The van der Waals surface area contributed by atoms with Gasteiger partial charge in [-0.2, -0.15) is 0 Å². The van der Waals surface area contributed by atoms with Gasteiger partial charge < -0.3 is 0 Å². The Bertz CT molecular complexity index is 494. The highest BCUT2D eigenvalue weighted by molar-refractivity contribution is 5.56. The van der Waals surface area contributed by atoms with Crippen molar-refractivity contribution in [3.8, 4) is 11.4 Å². The van der Waals surface area contributed by atoms with Gasteiger partial charge in [-0.05, 0) is 27.5 Å². The van der Waals surface area contributed by atoms with Crippen molar-refractivity contribution in [3.63, 3.8) is 0 Å². The second kappa shape index (κ2) is 3.70. The molecule has 0 aliphatic rings. The van der Waals surface area contributed by atoms with E-state index in [1.54, 1.807) is 4.68 Å². The van der Waals surface area contributed by atoms with E-state index in [4.69, 9.17) is 0 Å². The summed E-state index contributed by atoms with van der Waals surface area (Å²) in [6, 6.07) is 8.35. The number of benzene rings is 1. The molecule has 0 spiro atoms. The summed E-state index contributed by atoms with van der Waals surface area (Å²) in [5.74, 6) is 0.797. The smallest absolute Gasteiger partial charge is 0.181 e. The van der Waals surface area contributed by atoms with Gasteiger partial charge in [0.1, 0.15) is 0 Å². The van der Waals surface area contributed by atoms with Crippen LogP contribution in [0.25, 0.3) is 11.4 Å². The van der Waals surface area contributed by atoms with Crippen molar-refractivity contribution in [1.29, 1.82) is 0 Å². The predicted molar refractivity (Wildman–Crippen MR) is 62.9 cm³/mol. The van der Waals surface area contributed by atoms with Crippen molar-refractivity contribution in [2.45, 2.75) is 26.2 Å². The summed E-state index contributed by atoms with van der Waals surface area (Å²) in [4.78, 5) is 0. The monoisotopic (exact) mass is 216 g/mol. The average molecular weight is 216 g/mol. The standard InChI is InChI=1S/C12H16N4/c1-12(2,3)10-7-5-6-9(8-10)11-13-14-15-16(11)4/h5-8H,1-4H3. The Morgan fingerprint density at radius 1 is 1.19 bits per heavy atom. The lowest BCUT2D eigenvalue weighted by atomic mass is 9.86. The fourth-order valence-electron chi connectivity index (χ4n) is 1.60. The zero-order valence-electron chi connectivity index (χ0n) is 10.1. The number of nitrogens with zero attached hydrogens (tertiary/aromatic N) is 4. The Balaban J connectivity index is 2.49. The van der Waals surface area contributed by atoms with Crippen molar-refractivity contribution >= 4 is 0 Å². The maximum atomic E-state index is 4.01. The number of rotatable bonds is 1. The minimum atomic E-state index is 0.141. The van der Waals surface area contributed by atoms with Crippen LogP contribution < -0.4 is 0 Å². The van der Waals surface area contributed by atoms with Crippen LogP contribution in [-0.2, 0) is 12.5 Å². The number of tetrazole rings is 1. The third kappa shape index (κ3) is 1.96. The SMILES string of the molecule is Cn1nnnc1-c1cccc(C(C)(C)C)c1. The molecule has 0 atom stereocenters. The molecule has 0 saturated heterocycles. The highest BCUT2D eigenvalue weighted by Crippen LogP contribution is 2.25. The quantitative estimate of drug-likeness (QED) is 0.733. The molecule has 0 aliphatic carbocycles. The number of aryl methyl sites for hydroxylation is 1. The second-order valence-corrected chi connectivity index (χ2v) is 4.96. The van der Waals surface area contributed by atoms with E-state index in [1.807, 2.05) is 19.2 Å². The molecule has 0 saturated carbocycles. The highest BCUT2D eigenvalue weighted by atomic mass is 15.5. The van der Waals surface area contributed by atoms with Crippen molar-refractivity contribution in [2.24, 2.45) is 7.05 Å². The average Bonchev–Trinajstić information content (AvgIpc) is 2.63. The number of hydrogen-bond donors (Lipinski definition) is 0. The van der Waals surface area contributed by atoms with Crippen LogP contribution in [0.4, 0.5) is 0 Å². The molecule has 2 aromatic rings. The first-order chi connectivity index (χ1) is 7.48. The van der Waals surface area contributed by atoms with Gasteiger partial charge in [-0.3, -0.25) is 0 Å². The molecule has 0 unspecified atom stereocenters. The van der Waals surface area contributed by atoms with Gasteiger partial charge in [0.25, 0.3) is 0 Å². The van der Waals surface area contributed by atoms with Crippen LogP contribution in [0.1, 0.15) is 26.3 Å². The van der Waals surface area contributed by atoms with E-state index in [9.17, 15) is 0 Å². The van der Waals surface area contributed by atoms with Gasteiger partial charge in [-0.25, -0.2) is 4.68 Å². The van der Waals surface area contributed by atoms with Gasteiger partial charge in [0, 0.05) is 12.6 Å². The summed E-state index contributed by atoms with van der Waals surface area (Å²) >= 11 is 0. The topological polar surface area (TPSA) is 43.6 Å². The molecule has 0 bridgehead atoms. The molecular formula is C12H16N4. The Kier molecular flexibility index (Phi) is 2.50. The predicted octanol–water partition coefficient (Wildman–Crippen LogP) is 2.17. The van der Waals surface area contributed by atoms with Crippen LogP contribution in [0.15, 0.2) is 24.3 Å². The molecule has 16 heavy (non-hydrogen) atoms. The first kappa shape index (κ1) is 10.8. The third-order valence-electron chi connectivity index (χ3n) is 2.61. The Labute approximate surface area is 95.3 Å². The minimum absolute atomic E-state index is 0.141. The molecule has 0 aliphatic heterocycles. The zero-order valence-corrected chi connectivity index (χ0v) is 10.1. The molecule has 0 amide bonds. The van der Waals surface area contributed by atoms with Crippen LogP contribution in [0.5, 0.6) is 0 Å². The molecule has 0 fully saturated rings. The Morgan fingerprint density at radius 2 is 1.94 bits per heavy atom. The van der Waals surface area contributed by atoms with Crippen LogP contribution in [0, 0.1) is 0 Å². The van der Waals surface area contributed by atoms with Crippen molar-refractivity contribution < 1.29 is 0 Å². The van der Waals surface area contributed by atoms with E-state index in [1.165, 1.54) is 5.56 Å². The first-order valence-corrected chi connectivity index (χ1v) is 5.32. The minimum Gasteiger partial charge on any atom is -0.229 e. The summed E-state index contributed by atoms with van der Waals surface area (Å²) in [5.41, 5.74) is 2.48. The van der Waals surface area contributed by atoms with E-state index in [0.29, 0.717) is 0 Å². The van der Waals surface area contributed by atoms with Crippen LogP contribution in [-0.4, -0.2) is 20.2 Å². The van der Waals surface area contributed by atoms with Crippen LogP contribution in [0.2, 0.25) is 0 Å². The van der Waals surface area contributed by atoms with Gasteiger partial charge in [-0.1, -0.05) is 39.0 Å². The molecule has 4 heteroatoms. The van der Waals surface area contributed by atoms with Crippen molar-refractivity contribution in [1.82, 2.24) is 20.2 Å². The molecule has 1 aromatic heterocycles. The zero-order chi connectivity index (χ0) is 11.8. The molecular weight excluding hydrogens is 200 g/mol. The molecule has 4 nitrogen and oxygen atoms in total. The molecule has 84 valence electrons. The van der Waals surface area contributed by atoms with Gasteiger partial charge >= 0.3 is 0 Å². The van der Waals surface area contributed by atoms with Gasteiger partial charge in [0.15, 0.2) is 5.82 Å². The first-order valence-electron chi connectivity index (χ1n) is 5.32. The number of aromatic nitrogens is 4. The fourth-order valence-corrected chi connectivity index (χ4v) is 1.60. The molecule has 0 N–H and O–H groups in total. The maximum Gasteiger partial charge on any atom is 0.181 e. The van der Waals surface area contributed by atoms with E-state index >= 15 is 0 Å². The van der Waals surface area contributed by atoms with Gasteiger partial charge in [0.2, 0.25) is 0 Å². The largest absolute Gasteiger partial charge is 0.229 e. The van der Waals surface area contributed by atoms with Crippen molar-refractivity contribution in [3.05, 3.63) is 29.8 Å². The van der Waals surface area contributed by atoms with E-state index < -0.39 is 0 Å². The fraction of sp³-hybridized carbons (Fsp3) is 0.417. The molecule has 2 rings (SSSR count). The third-order valence-corrected chi connectivity index (χ3v) is 2.61. The van der Waals surface area contributed by atoms with E-state index in [2.05, 4.69) is 48.4 Å². The summed E-state index contributed by atoms with van der Waals surface area (Å²) in [7, 11) is 1.85. The molecule has 1 aromatic carbocycles. The number of hydrogen-bond acceptors (Lipinski definition) is 3. The van der Waals surface area contributed by atoms with Crippen LogP contribution >= 0.6 is 0 Å². The lowest BCUT2D eigenvalue weighted by molar-refractivity contribution is 0.590. The summed E-state index contributed by atoms with van der Waals surface area (Å²) in [6.45, 7) is 6.59. The summed E-state index contributed by atoms with van der Waals surface area (Å²) in [6.07, 6.45) is 0. The van der Waals surface area contributed by atoms with E-state index in [0.717, 1.165) is 11.4 Å². The lowest BCUT2D eigenvalue weighted by Gasteiger charge is -2.19. The van der Waals surface area contributed by atoms with Crippen molar-refractivity contribution in [2.75, 3.05) is 0 Å². The normalized spacial score (nSPS) is 11.8. The van der Waals surface area contributed by atoms with Gasteiger partial charge in [0.05, 0.1) is 0 Å². The second-order valence-electron chi connectivity index (χ2n) is 4.96. The maximum absolute atomic E-state index is 4.01. The van der Waals surface area contributed by atoms with Crippen LogP contribution in [0.3, 0.4) is 0 Å². The summed E-state index contributed by atoms with van der Waals surface area (Å²) in [5, 5.41) is 11.5. The summed E-state index contributed by atoms with van der Waals surface area (Å²) < 4.78 is 1.68.